The fourth-order valence-corrected chi connectivity index (χ4v) is 4.58. The molecule has 1 aromatic carbocycles. The highest BCUT2D eigenvalue weighted by atomic mass is 19.4. The average Bonchev–Trinajstić information content (AvgIpc) is 3.35. The van der Waals surface area contributed by atoms with E-state index in [4.69, 9.17) is 0 Å². The quantitative estimate of drug-likeness (QED) is 0.366. The van der Waals surface area contributed by atoms with Crippen LogP contribution in [0.15, 0.2) is 46.4 Å². The lowest BCUT2D eigenvalue weighted by molar-refractivity contribution is -0.141. The van der Waals surface area contributed by atoms with Gasteiger partial charge >= 0.3 is 11.9 Å². The summed E-state index contributed by atoms with van der Waals surface area (Å²) in [6.45, 7) is -1.43. The predicted molar refractivity (Wildman–Crippen MR) is 115 cm³/mol. The van der Waals surface area contributed by atoms with Crippen LogP contribution >= 0.6 is 0 Å². The van der Waals surface area contributed by atoms with Crippen LogP contribution in [0.25, 0.3) is 27.8 Å². The van der Waals surface area contributed by atoms with E-state index in [0.717, 1.165) is 16.9 Å². The van der Waals surface area contributed by atoms with Crippen molar-refractivity contribution in [3.63, 3.8) is 0 Å². The van der Waals surface area contributed by atoms with Crippen LogP contribution in [0, 0.1) is 11.8 Å². The van der Waals surface area contributed by atoms with Crippen LogP contribution in [0.2, 0.25) is 0 Å². The third kappa shape index (κ3) is 3.56. The van der Waals surface area contributed by atoms with Crippen molar-refractivity contribution in [3.05, 3.63) is 80.5 Å². The SMILES string of the molecule is O=c1[nH]cc(-c2cc([C@H]3C[C@@H]3c3ccc4cnn(CC(F)(F)F)c4c3F)c3ncc(F)n3n2)c(=O)[nH]1. The van der Waals surface area contributed by atoms with Gasteiger partial charge in [-0.1, -0.05) is 12.1 Å². The van der Waals surface area contributed by atoms with Gasteiger partial charge in [-0.25, -0.2) is 14.2 Å². The molecule has 0 spiro atoms. The molecule has 2 atom stereocenters. The summed E-state index contributed by atoms with van der Waals surface area (Å²) in [5, 5.41) is 8.02. The number of imidazole rings is 1. The Balaban J connectivity index is 1.44. The molecule has 4 aromatic heterocycles. The van der Waals surface area contributed by atoms with Crippen LogP contribution in [0.5, 0.6) is 0 Å². The van der Waals surface area contributed by atoms with Gasteiger partial charge in [-0.05, 0) is 29.9 Å². The zero-order valence-corrected chi connectivity index (χ0v) is 18.0. The fraction of sp³-hybridized carbons (Fsp3) is 0.227. The first-order valence-corrected chi connectivity index (χ1v) is 10.7. The van der Waals surface area contributed by atoms with Crippen LogP contribution in [-0.4, -0.2) is 40.5 Å². The average molecular weight is 503 g/mol. The largest absolute Gasteiger partial charge is 0.408 e. The molecule has 0 unspecified atom stereocenters. The van der Waals surface area contributed by atoms with Gasteiger partial charge in [-0.15, -0.1) is 0 Å². The van der Waals surface area contributed by atoms with Gasteiger partial charge in [0, 0.05) is 17.1 Å². The number of H-pyrrole nitrogens is 2. The molecule has 0 bridgehead atoms. The van der Waals surface area contributed by atoms with E-state index in [1.165, 1.54) is 24.4 Å². The maximum Gasteiger partial charge on any atom is 0.408 e. The first kappa shape index (κ1) is 22.1. The number of alkyl halides is 3. The van der Waals surface area contributed by atoms with Gasteiger partial charge in [0.05, 0.1) is 23.7 Å². The van der Waals surface area contributed by atoms with Crippen molar-refractivity contribution in [3.8, 4) is 11.3 Å². The number of hydrogen-bond acceptors (Lipinski definition) is 5. The van der Waals surface area contributed by atoms with Gasteiger partial charge in [0.1, 0.15) is 12.1 Å². The van der Waals surface area contributed by atoms with E-state index in [1.807, 2.05) is 0 Å². The minimum absolute atomic E-state index is 0.0216. The van der Waals surface area contributed by atoms with Crippen LogP contribution in [0.1, 0.15) is 29.4 Å². The van der Waals surface area contributed by atoms with Crippen LogP contribution in [0.4, 0.5) is 22.0 Å². The Bertz CT molecular complexity index is 1780. The highest BCUT2D eigenvalue weighted by molar-refractivity contribution is 5.80. The lowest BCUT2D eigenvalue weighted by Crippen LogP contribution is -2.23. The summed E-state index contributed by atoms with van der Waals surface area (Å²) >= 11 is 0. The second kappa shape index (κ2) is 7.57. The van der Waals surface area contributed by atoms with E-state index in [0.29, 0.717) is 16.7 Å². The molecule has 4 heterocycles. The minimum atomic E-state index is -4.58. The molecular weight excluding hydrogens is 489 g/mol. The van der Waals surface area contributed by atoms with Crippen molar-refractivity contribution in [1.82, 2.24) is 34.3 Å². The van der Waals surface area contributed by atoms with E-state index < -0.39 is 41.7 Å². The molecule has 184 valence electrons. The van der Waals surface area contributed by atoms with E-state index in [1.54, 1.807) is 0 Å². The number of fused-ring (bicyclic) bond motifs is 2. The first-order chi connectivity index (χ1) is 17.1. The van der Waals surface area contributed by atoms with E-state index >= 15 is 4.39 Å². The van der Waals surface area contributed by atoms with Gasteiger partial charge in [0.15, 0.2) is 11.5 Å². The lowest BCUT2D eigenvalue weighted by Gasteiger charge is -2.10. The second-order valence-electron chi connectivity index (χ2n) is 8.56. The third-order valence-corrected chi connectivity index (χ3v) is 6.24. The molecule has 1 fully saturated rings. The molecule has 1 aliphatic carbocycles. The number of nitrogens with one attached hydrogen (secondary N) is 2. The molecule has 6 rings (SSSR count). The highest BCUT2D eigenvalue weighted by Gasteiger charge is 2.43. The number of benzene rings is 1. The van der Waals surface area contributed by atoms with Crippen LogP contribution < -0.4 is 11.2 Å². The molecule has 14 heteroatoms. The van der Waals surface area contributed by atoms with Crippen molar-refractivity contribution >= 4 is 16.6 Å². The Labute approximate surface area is 196 Å². The van der Waals surface area contributed by atoms with Gasteiger partial charge in [0.25, 0.3) is 5.56 Å². The van der Waals surface area contributed by atoms with Crippen molar-refractivity contribution in [2.24, 2.45) is 0 Å². The van der Waals surface area contributed by atoms with Gasteiger partial charge in [-0.2, -0.15) is 32.3 Å². The summed E-state index contributed by atoms with van der Waals surface area (Å²) in [4.78, 5) is 32.1. The third-order valence-electron chi connectivity index (χ3n) is 6.24. The summed E-state index contributed by atoms with van der Waals surface area (Å²) in [6, 6.07) is 4.52. The predicted octanol–water partition coefficient (Wildman–Crippen LogP) is 3.23. The van der Waals surface area contributed by atoms with E-state index in [2.05, 4.69) is 25.1 Å². The molecule has 0 amide bonds. The molecule has 0 aliphatic heterocycles. The molecule has 0 saturated heterocycles. The Kier molecular flexibility index (Phi) is 4.65. The monoisotopic (exact) mass is 503 g/mol. The maximum absolute atomic E-state index is 15.5. The number of hydrogen-bond donors (Lipinski definition) is 2. The summed E-state index contributed by atoms with van der Waals surface area (Å²) in [7, 11) is 0. The molecule has 1 aliphatic rings. The van der Waals surface area contributed by atoms with Gasteiger partial charge in [0.2, 0.25) is 5.95 Å². The van der Waals surface area contributed by atoms with Crippen molar-refractivity contribution in [2.75, 3.05) is 0 Å². The normalized spacial score (nSPS) is 17.8. The Hall–Kier alpha value is -4.36. The summed E-state index contributed by atoms with van der Waals surface area (Å²) in [6.07, 6.45) is -0.898. The highest BCUT2D eigenvalue weighted by Crippen LogP contribution is 2.56. The number of halogens is 5. The smallest absolute Gasteiger partial charge is 0.313 e. The molecule has 2 N–H and O–H groups in total. The number of rotatable bonds is 4. The van der Waals surface area contributed by atoms with Gasteiger partial charge < -0.3 is 4.98 Å². The van der Waals surface area contributed by atoms with Crippen LogP contribution in [0.3, 0.4) is 0 Å². The van der Waals surface area contributed by atoms with Gasteiger partial charge in [-0.3, -0.25) is 14.5 Å². The van der Waals surface area contributed by atoms with Crippen LogP contribution in [-0.2, 0) is 6.54 Å². The van der Waals surface area contributed by atoms with Crippen molar-refractivity contribution < 1.29 is 22.0 Å². The maximum atomic E-state index is 15.5. The second-order valence-corrected chi connectivity index (χ2v) is 8.56. The number of aromatic nitrogens is 7. The minimum Gasteiger partial charge on any atom is -0.313 e. The summed E-state index contributed by atoms with van der Waals surface area (Å²) in [5.41, 5.74) is -0.848. The zero-order valence-electron chi connectivity index (χ0n) is 18.0. The van der Waals surface area contributed by atoms with E-state index in [-0.39, 0.29) is 39.3 Å². The molecule has 9 nitrogen and oxygen atoms in total. The number of nitrogens with zero attached hydrogens (tertiary/aromatic N) is 5. The Morgan fingerprint density at radius 2 is 1.86 bits per heavy atom. The number of aromatic amines is 2. The summed E-state index contributed by atoms with van der Waals surface area (Å²) in [5.74, 6) is -2.41. The molecule has 5 aromatic rings. The summed E-state index contributed by atoms with van der Waals surface area (Å²) < 4.78 is 70.2. The molecule has 0 radical (unpaired) electrons. The molecular formula is C22H14F5N7O2. The standard InChI is InChI=1S/C22H14F5N7O2/c23-16-7-28-19-13(4-15(32-34(16)19)14-6-29-21(36)31-20(14)35)12-3-11(12)10-2-1-9-5-30-33(8-22(25,26)27)18(9)17(10)24/h1-2,4-7,11-12H,3,8H2,(H2,29,31,35,36)/t11-,12+/m1/s1. The molecule has 1 saturated carbocycles. The molecule has 36 heavy (non-hydrogen) atoms. The topological polar surface area (TPSA) is 114 Å². The Morgan fingerprint density at radius 1 is 1.08 bits per heavy atom. The Morgan fingerprint density at radius 3 is 2.61 bits per heavy atom. The van der Waals surface area contributed by atoms with Crippen molar-refractivity contribution in [2.45, 2.75) is 31.0 Å². The van der Waals surface area contributed by atoms with Crippen molar-refractivity contribution in [1.29, 1.82) is 0 Å². The fourth-order valence-electron chi connectivity index (χ4n) is 4.58. The lowest BCUT2D eigenvalue weighted by atomic mass is 10.0. The zero-order chi connectivity index (χ0) is 25.4. The first-order valence-electron chi connectivity index (χ1n) is 10.7. The van der Waals surface area contributed by atoms with E-state index in [9.17, 15) is 27.2 Å².